The van der Waals surface area contributed by atoms with Gasteiger partial charge in [0.05, 0.1) is 20.3 Å². The molecule has 0 saturated carbocycles. The highest BCUT2D eigenvalue weighted by atomic mass is 16.5. The molecule has 0 saturated heterocycles. The molecule has 5 heteroatoms. The van der Waals surface area contributed by atoms with Crippen LogP contribution in [0.25, 0.3) is 0 Å². The first-order valence-electron chi connectivity index (χ1n) is 6.76. The zero-order chi connectivity index (χ0) is 15.7. The third kappa shape index (κ3) is 5.86. The van der Waals surface area contributed by atoms with E-state index in [-0.39, 0.29) is 12.5 Å². The first-order valence-corrected chi connectivity index (χ1v) is 6.76. The van der Waals surface area contributed by atoms with E-state index in [1.54, 1.807) is 14.2 Å². The van der Waals surface area contributed by atoms with E-state index in [1.165, 1.54) is 0 Å². The number of nitrogens with one attached hydrogen (secondary N) is 1. The summed E-state index contributed by atoms with van der Waals surface area (Å²) in [6.07, 6.45) is 0.444. The number of carbonyl (C=O) groups excluding carboxylic acids is 1. The van der Waals surface area contributed by atoms with Gasteiger partial charge in [-0.3, -0.25) is 9.69 Å². The maximum absolute atomic E-state index is 11.4. The van der Waals surface area contributed by atoms with E-state index in [0.717, 1.165) is 16.9 Å². The van der Waals surface area contributed by atoms with Gasteiger partial charge < -0.3 is 15.2 Å². The molecule has 114 valence electrons. The number of hydrogen-bond donors (Lipinski definition) is 2. The number of aliphatic hydroxyl groups excluding tert-OH is 1. The minimum atomic E-state index is -0.0340. The van der Waals surface area contributed by atoms with Gasteiger partial charge in [-0.15, -0.1) is 0 Å². The van der Waals surface area contributed by atoms with Crippen LogP contribution in [-0.2, 0) is 11.3 Å². The highest BCUT2D eigenvalue weighted by Gasteiger charge is 2.09. The zero-order valence-corrected chi connectivity index (χ0v) is 12.8. The van der Waals surface area contributed by atoms with Crippen molar-refractivity contribution in [1.29, 1.82) is 0 Å². The smallest absolute Gasteiger partial charge is 0.233 e. The number of amides is 1. The summed E-state index contributed by atoms with van der Waals surface area (Å²) in [6.45, 7) is 0.958. The number of carbonyl (C=O) groups is 1. The zero-order valence-electron chi connectivity index (χ0n) is 12.8. The maximum atomic E-state index is 11.4. The molecule has 2 N–H and O–H groups in total. The lowest BCUT2D eigenvalue weighted by Gasteiger charge is -2.17. The number of aliphatic hydroxyl groups is 1. The summed E-state index contributed by atoms with van der Waals surface area (Å²) in [6, 6.07) is 5.67. The SMILES string of the molecule is CNC(=O)CN(C)Cc1cc(OC)ccc1C#CCCO. The third-order valence-corrected chi connectivity index (χ3v) is 2.90. The van der Waals surface area contributed by atoms with Crippen molar-refractivity contribution >= 4 is 5.91 Å². The maximum Gasteiger partial charge on any atom is 0.233 e. The lowest BCUT2D eigenvalue weighted by molar-refractivity contribution is -0.121. The molecule has 0 radical (unpaired) electrons. The fourth-order valence-corrected chi connectivity index (χ4v) is 1.83. The average Bonchev–Trinajstić information content (AvgIpc) is 2.48. The molecule has 21 heavy (non-hydrogen) atoms. The van der Waals surface area contributed by atoms with Gasteiger partial charge >= 0.3 is 0 Å². The van der Waals surface area contributed by atoms with Crippen molar-refractivity contribution in [2.24, 2.45) is 0 Å². The molecule has 0 unspecified atom stereocenters. The van der Waals surface area contributed by atoms with Crippen LogP contribution in [0.3, 0.4) is 0 Å². The van der Waals surface area contributed by atoms with Gasteiger partial charge in [-0.05, 0) is 30.8 Å². The molecule has 1 aromatic carbocycles. The molecule has 0 fully saturated rings. The number of benzene rings is 1. The van der Waals surface area contributed by atoms with Gasteiger partial charge in [0.25, 0.3) is 0 Å². The van der Waals surface area contributed by atoms with E-state index >= 15 is 0 Å². The Morgan fingerprint density at radius 3 is 2.86 bits per heavy atom. The summed E-state index contributed by atoms with van der Waals surface area (Å²) in [5, 5.41) is 11.4. The first-order chi connectivity index (χ1) is 10.1. The molecular formula is C16H22N2O3. The Bertz CT molecular complexity index is 532. The normalized spacial score (nSPS) is 9.95. The van der Waals surface area contributed by atoms with E-state index in [1.807, 2.05) is 30.1 Å². The topological polar surface area (TPSA) is 61.8 Å². The van der Waals surface area contributed by atoms with Crippen LogP contribution in [0, 0.1) is 11.8 Å². The summed E-state index contributed by atoms with van der Waals surface area (Å²) in [4.78, 5) is 13.3. The van der Waals surface area contributed by atoms with Gasteiger partial charge in [-0.1, -0.05) is 11.8 Å². The molecule has 1 rings (SSSR count). The first kappa shape index (κ1) is 17.0. The minimum absolute atomic E-state index is 0.0340. The summed E-state index contributed by atoms with van der Waals surface area (Å²) in [7, 11) is 5.11. The monoisotopic (exact) mass is 290 g/mol. The van der Waals surface area contributed by atoms with E-state index in [9.17, 15) is 4.79 Å². The van der Waals surface area contributed by atoms with Gasteiger partial charge in [0, 0.05) is 25.6 Å². The number of nitrogens with zero attached hydrogens (tertiary/aromatic N) is 1. The summed E-state index contributed by atoms with van der Waals surface area (Å²) in [5.41, 5.74) is 1.87. The van der Waals surface area contributed by atoms with Gasteiger partial charge in [0.2, 0.25) is 5.91 Å². The number of likely N-dealkylation sites (N-methyl/N-ethyl adjacent to an activating group) is 2. The second-order valence-electron chi connectivity index (χ2n) is 4.64. The van der Waals surface area contributed by atoms with Crippen molar-refractivity contribution < 1.29 is 14.6 Å². The molecular weight excluding hydrogens is 268 g/mol. The van der Waals surface area contributed by atoms with E-state index < -0.39 is 0 Å². The van der Waals surface area contributed by atoms with Crippen LogP contribution >= 0.6 is 0 Å². The van der Waals surface area contributed by atoms with E-state index in [4.69, 9.17) is 9.84 Å². The lowest BCUT2D eigenvalue weighted by atomic mass is 10.1. The summed E-state index contributed by atoms with van der Waals surface area (Å²) < 4.78 is 5.23. The highest BCUT2D eigenvalue weighted by Crippen LogP contribution is 2.18. The van der Waals surface area contributed by atoms with Crippen molar-refractivity contribution in [2.75, 3.05) is 34.4 Å². The van der Waals surface area contributed by atoms with Crippen LogP contribution in [0.4, 0.5) is 0 Å². The van der Waals surface area contributed by atoms with Crippen molar-refractivity contribution in [3.05, 3.63) is 29.3 Å². The largest absolute Gasteiger partial charge is 0.497 e. The van der Waals surface area contributed by atoms with Crippen LogP contribution in [0.5, 0.6) is 5.75 Å². The molecule has 0 aliphatic carbocycles. The molecule has 0 heterocycles. The molecule has 0 spiro atoms. The summed E-state index contributed by atoms with van der Waals surface area (Å²) in [5.74, 6) is 6.68. The molecule has 0 bridgehead atoms. The average molecular weight is 290 g/mol. The quantitative estimate of drug-likeness (QED) is 0.754. The Balaban J connectivity index is 2.91. The third-order valence-electron chi connectivity index (χ3n) is 2.90. The van der Waals surface area contributed by atoms with Crippen molar-refractivity contribution in [3.63, 3.8) is 0 Å². The van der Waals surface area contributed by atoms with Crippen molar-refractivity contribution in [1.82, 2.24) is 10.2 Å². The van der Waals surface area contributed by atoms with Crippen LogP contribution in [0.2, 0.25) is 0 Å². The molecule has 1 amide bonds. The predicted molar refractivity (Wildman–Crippen MR) is 82.0 cm³/mol. The Morgan fingerprint density at radius 1 is 1.48 bits per heavy atom. The minimum Gasteiger partial charge on any atom is -0.497 e. The highest BCUT2D eigenvalue weighted by molar-refractivity contribution is 5.77. The number of ether oxygens (including phenoxy) is 1. The molecule has 0 atom stereocenters. The van der Waals surface area contributed by atoms with Crippen LogP contribution in [0.1, 0.15) is 17.5 Å². The second kappa shape index (κ2) is 9.01. The predicted octanol–water partition coefficient (Wildman–Crippen LogP) is 0.607. The number of hydrogen-bond acceptors (Lipinski definition) is 4. The Kier molecular flexibility index (Phi) is 7.30. The number of rotatable bonds is 6. The molecule has 0 aliphatic rings. The lowest BCUT2D eigenvalue weighted by Crippen LogP contribution is -2.32. The molecule has 5 nitrogen and oxygen atoms in total. The van der Waals surface area contributed by atoms with Crippen molar-refractivity contribution in [3.8, 4) is 17.6 Å². The molecule has 1 aromatic rings. The van der Waals surface area contributed by atoms with Gasteiger partial charge in [0.15, 0.2) is 0 Å². The standard InChI is InChI=1S/C16H22N2O3/c1-17-16(20)12-18(2)11-14-10-15(21-3)8-7-13(14)6-4-5-9-19/h7-8,10,19H,5,9,11-12H2,1-3H3,(H,17,20). The van der Waals surface area contributed by atoms with Crippen LogP contribution < -0.4 is 10.1 Å². The number of methoxy groups -OCH3 is 1. The molecule has 0 aliphatic heterocycles. The van der Waals surface area contributed by atoms with Crippen molar-refractivity contribution in [2.45, 2.75) is 13.0 Å². The van der Waals surface area contributed by atoms with Gasteiger partial charge in [-0.25, -0.2) is 0 Å². The second-order valence-corrected chi connectivity index (χ2v) is 4.64. The Labute approximate surface area is 125 Å². The van der Waals surface area contributed by atoms with E-state index in [0.29, 0.717) is 19.5 Å². The fourth-order valence-electron chi connectivity index (χ4n) is 1.83. The van der Waals surface area contributed by atoms with Gasteiger partial charge in [0.1, 0.15) is 5.75 Å². The van der Waals surface area contributed by atoms with E-state index in [2.05, 4.69) is 17.2 Å². The van der Waals surface area contributed by atoms with Crippen LogP contribution in [-0.4, -0.2) is 50.3 Å². The molecule has 0 aromatic heterocycles. The van der Waals surface area contributed by atoms with Gasteiger partial charge in [-0.2, -0.15) is 0 Å². The fraction of sp³-hybridized carbons (Fsp3) is 0.438. The Morgan fingerprint density at radius 2 is 2.24 bits per heavy atom. The Hall–Kier alpha value is -2.03. The van der Waals surface area contributed by atoms with Crippen LogP contribution in [0.15, 0.2) is 18.2 Å². The summed E-state index contributed by atoms with van der Waals surface area (Å²) >= 11 is 0.